The van der Waals surface area contributed by atoms with Crippen molar-refractivity contribution >= 4 is 28.9 Å². The van der Waals surface area contributed by atoms with Gasteiger partial charge < -0.3 is 5.11 Å². The number of carboxylic acid groups (broad SMARTS) is 1. The van der Waals surface area contributed by atoms with Crippen LogP contribution in [0.25, 0.3) is 5.13 Å². The quantitative estimate of drug-likeness (QED) is 0.876. The molecule has 0 unspecified atom stereocenters. The first kappa shape index (κ1) is 10.1. The van der Waals surface area contributed by atoms with Gasteiger partial charge in [-0.15, -0.1) is 0 Å². The summed E-state index contributed by atoms with van der Waals surface area (Å²) in [7, 11) is 0. The maximum absolute atomic E-state index is 10.7. The van der Waals surface area contributed by atoms with E-state index in [1.165, 1.54) is 4.68 Å². The van der Waals surface area contributed by atoms with Crippen molar-refractivity contribution < 1.29 is 9.90 Å². The van der Waals surface area contributed by atoms with Crippen molar-refractivity contribution in [1.29, 1.82) is 0 Å². The molecule has 1 N–H and O–H groups in total. The molecule has 0 atom stereocenters. The molecule has 2 aromatic heterocycles. The molecule has 2 rings (SSSR count). The van der Waals surface area contributed by atoms with Gasteiger partial charge in [0, 0.05) is 6.20 Å². The van der Waals surface area contributed by atoms with Crippen LogP contribution in [0.5, 0.6) is 0 Å². The van der Waals surface area contributed by atoms with Crippen LogP contribution in [0.4, 0.5) is 0 Å². The van der Waals surface area contributed by atoms with E-state index in [1.807, 2.05) is 6.92 Å². The lowest BCUT2D eigenvalue weighted by atomic mass is 10.5. The summed E-state index contributed by atoms with van der Waals surface area (Å²) >= 11 is 6.67. The fraction of sp³-hybridized carbons (Fsp3) is 0.125. The molecule has 0 spiro atoms. The summed E-state index contributed by atoms with van der Waals surface area (Å²) in [6.07, 6.45) is 1.70. The second-order valence-electron chi connectivity index (χ2n) is 2.82. The topological polar surface area (TPSA) is 68.0 Å². The molecule has 0 saturated carbocycles. The number of hydrogen-bond acceptors (Lipinski definition) is 4. The largest absolute Gasteiger partial charge is 0.477 e. The molecular formula is C8H6ClN3O2S. The number of aromatic nitrogens is 3. The summed E-state index contributed by atoms with van der Waals surface area (Å²) in [5.41, 5.74) is 0.832. The number of carboxylic acids is 1. The van der Waals surface area contributed by atoms with Crippen LogP contribution >= 0.6 is 22.9 Å². The van der Waals surface area contributed by atoms with E-state index < -0.39 is 5.97 Å². The molecule has 0 radical (unpaired) electrons. The zero-order valence-electron chi connectivity index (χ0n) is 7.64. The summed E-state index contributed by atoms with van der Waals surface area (Å²) in [6, 6.07) is 1.80. The third-order valence-corrected chi connectivity index (χ3v) is 3.11. The Morgan fingerprint density at radius 2 is 2.40 bits per heavy atom. The van der Waals surface area contributed by atoms with E-state index in [2.05, 4.69) is 10.1 Å². The highest BCUT2D eigenvalue weighted by Gasteiger charge is 2.16. The third kappa shape index (κ3) is 1.86. The summed E-state index contributed by atoms with van der Waals surface area (Å²) in [6.45, 7) is 1.84. The Morgan fingerprint density at radius 3 is 2.87 bits per heavy atom. The molecule has 2 heterocycles. The Balaban J connectivity index is 2.46. The Bertz CT molecular complexity index is 520. The molecule has 0 amide bonds. The van der Waals surface area contributed by atoms with Crippen LogP contribution in [0.3, 0.4) is 0 Å². The van der Waals surface area contributed by atoms with E-state index >= 15 is 0 Å². The highest BCUT2D eigenvalue weighted by Crippen LogP contribution is 2.25. The Kier molecular flexibility index (Phi) is 2.45. The van der Waals surface area contributed by atoms with E-state index in [1.54, 1.807) is 12.3 Å². The molecule has 15 heavy (non-hydrogen) atoms. The predicted molar refractivity (Wildman–Crippen MR) is 55.9 cm³/mol. The van der Waals surface area contributed by atoms with Gasteiger partial charge in [-0.3, -0.25) is 0 Å². The van der Waals surface area contributed by atoms with Crippen molar-refractivity contribution in [1.82, 2.24) is 14.8 Å². The second kappa shape index (κ2) is 3.63. The molecule has 0 aliphatic carbocycles. The van der Waals surface area contributed by atoms with Crippen molar-refractivity contribution in [3.63, 3.8) is 0 Å². The van der Waals surface area contributed by atoms with Gasteiger partial charge in [0.15, 0.2) is 10.0 Å². The van der Waals surface area contributed by atoms with E-state index in [4.69, 9.17) is 16.7 Å². The van der Waals surface area contributed by atoms with Gasteiger partial charge in [-0.2, -0.15) is 5.10 Å². The summed E-state index contributed by atoms with van der Waals surface area (Å²) in [5.74, 6) is -1.08. The zero-order chi connectivity index (χ0) is 11.0. The smallest absolute Gasteiger partial charge is 0.349 e. The minimum Gasteiger partial charge on any atom is -0.477 e. The fourth-order valence-corrected chi connectivity index (χ4v) is 2.10. The zero-order valence-corrected chi connectivity index (χ0v) is 9.21. The lowest BCUT2D eigenvalue weighted by Gasteiger charge is -1.91. The van der Waals surface area contributed by atoms with Crippen LogP contribution < -0.4 is 0 Å². The minimum absolute atomic E-state index is 0.00402. The molecule has 2 aromatic rings. The third-order valence-electron chi connectivity index (χ3n) is 1.69. The van der Waals surface area contributed by atoms with E-state index in [0.29, 0.717) is 5.13 Å². The minimum atomic E-state index is -1.08. The molecule has 0 saturated heterocycles. The number of aryl methyl sites for hydroxylation is 1. The van der Waals surface area contributed by atoms with E-state index in [-0.39, 0.29) is 10.0 Å². The highest BCUT2D eigenvalue weighted by molar-refractivity contribution is 7.16. The molecule has 0 aliphatic heterocycles. The Hall–Kier alpha value is -1.40. The van der Waals surface area contributed by atoms with Gasteiger partial charge in [-0.05, 0) is 13.0 Å². The summed E-state index contributed by atoms with van der Waals surface area (Å²) in [5, 5.41) is 13.3. The number of carbonyl (C=O) groups is 1. The SMILES string of the molecule is Cc1ccn(-c2nc(Cl)c(C(=O)O)s2)n1. The van der Waals surface area contributed by atoms with Crippen LogP contribution in [-0.4, -0.2) is 25.8 Å². The first-order valence-electron chi connectivity index (χ1n) is 4.00. The van der Waals surface area contributed by atoms with Gasteiger partial charge in [-0.25, -0.2) is 14.5 Å². The highest BCUT2D eigenvalue weighted by atomic mass is 35.5. The van der Waals surface area contributed by atoms with Crippen molar-refractivity contribution in [3.8, 4) is 5.13 Å². The number of nitrogens with zero attached hydrogens (tertiary/aromatic N) is 3. The number of thiazole rings is 1. The van der Waals surface area contributed by atoms with Crippen LogP contribution in [0, 0.1) is 6.92 Å². The molecule has 78 valence electrons. The van der Waals surface area contributed by atoms with Crippen LogP contribution in [-0.2, 0) is 0 Å². The Labute approximate surface area is 93.9 Å². The molecule has 5 nitrogen and oxygen atoms in total. The van der Waals surface area contributed by atoms with Crippen molar-refractivity contribution in [3.05, 3.63) is 28.0 Å². The Morgan fingerprint density at radius 1 is 1.67 bits per heavy atom. The van der Waals surface area contributed by atoms with Crippen molar-refractivity contribution in [2.75, 3.05) is 0 Å². The second-order valence-corrected chi connectivity index (χ2v) is 4.16. The van der Waals surface area contributed by atoms with Gasteiger partial charge in [0.1, 0.15) is 0 Å². The fourth-order valence-electron chi connectivity index (χ4n) is 1.04. The molecule has 0 bridgehead atoms. The van der Waals surface area contributed by atoms with Gasteiger partial charge in [0.2, 0.25) is 5.13 Å². The predicted octanol–water partition coefficient (Wildman–Crippen LogP) is 1.99. The lowest BCUT2D eigenvalue weighted by Crippen LogP contribution is -1.93. The summed E-state index contributed by atoms with van der Waals surface area (Å²) < 4.78 is 1.50. The maximum Gasteiger partial charge on any atom is 0.349 e. The van der Waals surface area contributed by atoms with Gasteiger partial charge in [0.05, 0.1) is 5.69 Å². The average molecular weight is 244 g/mol. The maximum atomic E-state index is 10.7. The molecule has 0 aliphatic rings. The van der Waals surface area contributed by atoms with Crippen LogP contribution in [0.2, 0.25) is 5.15 Å². The number of rotatable bonds is 2. The molecule has 0 aromatic carbocycles. The van der Waals surface area contributed by atoms with Crippen molar-refractivity contribution in [2.24, 2.45) is 0 Å². The van der Waals surface area contributed by atoms with E-state index in [9.17, 15) is 4.79 Å². The number of aromatic carboxylic acids is 1. The molecule has 0 fully saturated rings. The standard InChI is InChI=1S/C8H6ClN3O2S/c1-4-2-3-12(11-4)8-10-6(9)5(15-8)7(13)14/h2-3H,1H3,(H,13,14). The number of halogens is 1. The van der Waals surface area contributed by atoms with Gasteiger partial charge in [0.25, 0.3) is 0 Å². The number of hydrogen-bond donors (Lipinski definition) is 1. The van der Waals surface area contributed by atoms with Gasteiger partial charge in [-0.1, -0.05) is 22.9 Å². The molecular weight excluding hydrogens is 238 g/mol. The molecule has 7 heteroatoms. The summed E-state index contributed by atoms with van der Waals surface area (Å²) in [4.78, 5) is 14.7. The van der Waals surface area contributed by atoms with Crippen LogP contribution in [0.1, 0.15) is 15.4 Å². The van der Waals surface area contributed by atoms with Crippen molar-refractivity contribution in [2.45, 2.75) is 6.92 Å². The van der Waals surface area contributed by atoms with Crippen LogP contribution in [0.15, 0.2) is 12.3 Å². The van der Waals surface area contributed by atoms with Gasteiger partial charge >= 0.3 is 5.97 Å². The normalized spacial score (nSPS) is 10.5. The lowest BCUT2D eigenvalue weighted by molar-refractivity contribution is 0.0702. The first-order valence-corrected chi connectivity index (χ1v) is 5.19. The average Bonchev–Trinajstić information content (AvgIpc) is 2.71. The van der Waals surface area contributed by atoms with E-state index in [0.717, 1.165) is 17.0 Å². The monoisotopic (exact) mass is 243 g/mol. The first-order chi connectivity index (χ1) is 7.08.